The smallest absolute Gasteiger partial charge is 0.275 e. The van der Waals surface area contributed by atoms with E-state index in [9.17, 15) is 14.0 Å². The Morgan fingerprint density at radius 2 is 2.09 bits per heavy atom. The average molecular weight is 303 g/mol. The number of aromatic nitrogens is 2. The number of hydrogen-bond donors (Lipinski definition) is 2. The number of amides is 1. The summed E-state index contributed by atoms with van der Waals surface area (Å²) < 4.78 is 13.6. The summed E-state index contributed by atoms with van der Waals surface area (Å²) in [5, 5.41) is 9.11. The number of rotatable bonds is 3. The van der Waals surface area contributed by atoms with Crippen LogP contribution in [0.5, 0.6) is 0 Å². The van der Waals surface area contributed by atoms with Gasteiger partial charge in [-0.05, 0) is 30.9 Å². The molecule has 6 heteroatoms. The van der Waals surface area contributed by atoms with Crippen LogP contribution in [0, 0.1) is 11.7 Å². The third-order valence-corrected chi connectivity index (χ3v) is 4.24. The molecule has 0 unspecified atom stereocenters. The summed E-state index contributed by atoms with van der Waals surface area (Å²) in [6.45, 7) is 0.557. The van der Waals surface area contributed by atoms with Gasteiger partial charge in [-0.1, -0.05) is 25.3 Å². The van der Waals surface area contributed by atoms with Gasteiger partial charge in [-0.2, -0.15) is 5.10 Å². The molecule has 0 saturated heterocycles. The van der Waals surface area contributed by atoms with Gasteiger partial charge in [0.2, 0.25) is 5.43 Å². The number of hydrogen-bond acceptors (Lipinski definition) is 3. The fourth-order valence-electron chi connectivity index (χ4n) is 2.98. The normalized spacial score (nSPS) is 15.9. The summed E-state index contributed by atoms with van der Waals surface area (Å²) in [4.78, 5) is 24.4. The van der Waals surface area contributed by atoms with Crippen molar-refractivity contribution < 1.29 is 9.18 Å². The van der Waals surface area contributed by atoms with Crippen molar-refractivity contribution in [3.63, 3.8) is 0 Å². The zero-order valence-electron chi connectivity index (χ0n) is 12.2. The van der Waals surface area contributed by atoms with Crippen molar-refractivity contribution in [1.29, 1.82) is 0 Å². The van der Waals surface area contributed by atoms with E-state index in [4.69, 9.17) is 0 Å². The van der Waals surface area contributed by atoms with Gasteiger partial charge in [0.25, 0.3) is 5.91 Å². The molecule has 2 aromatic rings. The topological polar surface area (TPSA) is 74.8 Å². The van der Waals surface area contributed by atoms with E-state index in [-0.39, 0.29) is 16.6 Å². The Hall–Kier alpha value is -2.24. The third-order valence-electron chi connectivity index (χ3n) is 4.24. The van der Waals surface area contributed by atoms with Crippen LogP contribution in [0.3, 0.4) is 0 Å². The van der Waals surface area contributed by atoms with E-state index in [0.717, 1.165) is 12.8 Å². The maximum atomic E-state index is 13.6. The van der Waals surface area contributed by atoms with E-state index in [2.05, 4.69) is 15.5 Å². The van der Waals surface area contributed by atoms with Gasteiger partial charge in [-0.25, -0.2) is 4.39 Å². The zero-order chi connectivity index (χ0) is 15.5. The largest absolute Gasteiger partial charge is 0.350 e. The molecule has 22 heavy (non-hydrogen) atoms. The minimum absolute atomic E-state index is 0.0244. The lowest BCUT2D eigenvalue weighted by atomic mass is 9.89. The van der Waals surface area contributed by atoms with Crippen molar-refractivity contribution in [2.75, 3.05) is 6.54 Å². The lowest BCUT2D eigenvalue weighted by molar-refractivity contribution is 0.0936. The number of nitrogens with zero attached hydrogens (tertiary/aromatic N) is 1. The molecule has 1 heterocycles. The number of para-hydroxylation sites is 1. The predicted octanol–water partition coefficient (Wildman–Crippen LogP) is 2.37. The molecule has 0 spiro atoms. The first-order chi connectivity index (χ1) is 10.7. The van der Waals surface area contributed by atoms with Crippen molar-refractivity contribution >= 4 is 16.8 Å². The molecule has 1 aromatic heterocycles. The number of nitrogens with one attached hydrogen (secondary N) is 2. The lowest BCUT2D eigenvalue weighted by Gasteiger charge is -2.21. The van der Waals surface area contributed by atoms with Crippen molar-refractivity contribution in [3.8, 4) is 0 Å². The number of fused-ring (bicyclic) bond motifs is 1. The fraction of sp³-hybridized carbons (Fsp3) is 0.438. The van der Waals surface area contributed by atoms with Crippen molar-refractivity contribution in [3.05, 3.63) is 39.9 Å². The van der Waals surface area contributed by atoms with Gasteiger partial charge in [-0.3, -0.25) is 14.7 Å². The Balaban J connectivity index is 1.79. The second kappa shape index (κ2) is 6.25. The van der Waals surface area contributed by atoms with Crippen LogP contribution >= 0.6 is 0 Å². The number of carbonyl (C=O) groups is 1. The Bertz CT molecular complexity index is 751. The molecular formula is C16H18FN3O2. The molecule has 1 aliphatic rings. The van der Waals surface area contributed by atoms with Gasteiger partial charge in [0.05, 0.1) is 5.39 Å². The van der Waals surface area contributed by atoms with Crippen LogP contribution in [-0.4, -0.2) is 22.6 Å². The quantitative estimate of drug-likeness (QED) is 0.914. The van der Waals surface area contributed by atoms with Crippen LogP contribution in [0.25, 0.3) is 10.9 Å². The lowest BCUT2D eigenvalue weighted by Crippen LogP contribution is -2.34. The fourth-order valence-corrected chi connectivity index (χ4v) is 2.98. The third kappa shape index (κ3) is 2.86. The molecule has 1 amide bonds. The number of halogens is 1. The van der Waals surface area contributed by atoms with Gasteiger partial charge in [0, 0.05) is 6.54 Å². The Morgan fingerprint density at radius 3 is 2.86 bits per heavy atom. The minimum Gasteiger partial charge on any atom is -0.350 e. The van der Waals surface area contributed by atoms with Gasteiger partial charge < -0.3 is 5.32 Å². The summed E-state index contributed by atoms with van der Waals surface area (Å²) in [7, 11) is 0. The molecule has 0 bridgehead atoms. The van der Waals surface area contributed by atoms with Gasteiger partial charge in [0.1, 0.15) is 11.3 Å². The number of benzene rings is 1. The van der Waals surface area contributed by atoms with Crippen LogP contribution in [0.15, 0.2) is 23.0 Å². The standard InChI is InChI=1S/C16H18FN3O2/c17-12-8-4-7-11-13(12)19-20-14(15(11)21)16(22)18-9-10-5-2-1-3-6-10/h4,7-8,10H,1-3,5-6,9H2,(H,18,22)(H,19,21). The van der Waals surface area contributed by atoms with E-state index in [1.807, 2.05) is 0 Å². The first kappa shape index (κ1) is 14.7. The van der Waals surface area contributed by atoms with Crippen molar-refractivity contribution in [2.45, 2.75) is 32.1 Å². The summed E-state index contributed by atoms with van der Waals surface area (Å²) in [5.74, 6) is -0.594. The molecule has 1 fully saturated rings. The zero-order valence-corrected chi connectivity index (χ0v) is 12.2. The number of H-pyrrole nitrogens is 1. The molecule has 2 N–H and O–H groups in total. The molecule has 5 nitrogen and oxygen atoms in total. The number of carbonyl (C=O) groups excluding carboxylic acids is 1. The highest BCUT2D eigenvalue weighted by atomic mass is 19.1. The minimum atomic E-state index is -0.559. The van der Waals surface area contributed by atoms with Crippen LogP contribution in [0.4, 0.5) is 4.39 Å². The summed E-state index contributed by atoms with van der Waals surface area (Å²) in [6, 6.07) is 4.16. The summed E-state index contributed by atoms with van der Waals surface area (Å²) >= 11 is 0. The molecule has 3 rings (SSSR count). The maximum Gasteiger partial charge on any atom is 0.275 e. The molecule has 116 valence electrons. The molecule has 0 atom stereocenters. The summed E-state index contributed by atoms with van der Waals surface area (Å²) in [5.41, 5.74) is -0.736. The van der Waals surface area contributed by atoms with Crippen LogP contribution in [0.1, 0.15) is 42.6 Å². The number of aromatic amines is 1. The second-order valence-electron chi connectivity index (χ2n) is 5.78. The summed E-state index contributed by atoms with van der Waals surface area (Å²) in [6.07, 6.45) is 5.84. The highest BCUT2D eigenvalue weighted by Crippen LogP contribution is 2.22. The Morgan fingerprint density at radius 1 is 1.32 bits per heavy atom. The highest BCUT2D eigenvalue weighted by Gasteiger charge is 2.19. The van der Waals surface area contributed by atoms with Gasteiger partial charge >= 0.3 is 0 Å². The average Bonchev–Trinajstić information content (AvgIpc) is 2.55. The van der Waals surface area contributed by atoms with E-state index in [1.54, 1.807) is 0 Å². The van der Waals surface area contributed by atoms with E-state index in [1.165, 1.54) is 37.5 Å². The van der Waals surface area contributed by atoms with Crippen LogP contribution in [-0.2, 0) is 0 Å². The molecule has 0 aliphatic heterocycles. The van der Waals surface area contributed by atoms with E-state index < -0.39 is 17.2 Å². The Kier molecular flexibility index (Phi) is 4.18. The van der Waals surface area contributed by atoms with Crippen LogP contribution < -0.4 is 10.7 Å². The predicted molar refractivity (Wildman–Crippen MR) is 81.2 cm³/mol. The molecule has 1 aromatic carbocycles. The van der Waals surface area contributed by atoms with E-state index in [0.29, 0.717) is 12.5 Å². The molecule has 1 aliphatic carbocycles. The van der Waals surface area contributed by atoms with Gasteiger partial charge in [-0.15, -0.1) is 0 Å². The highest BCUT2D eigenvalue weighted by molar-refractivity contribution is 5.95. The second-order valence-corrected chi connectivity index (χ2v) is 5.78. The monoisotopic (exact) mass is 303 g/mol. The maximum absolute atomic E-state index is 13.6. The first-order valence-corrected chi connectivity index (χ1v) is 7.62. The molecular weight excluding hydrogens is 285 g/mol. The van der Waals surface area contributed by atoms with Crippen LogP contribution in [0.2, 0.25) is 0 Å². The molecule has 0 radical (unpaired) electrons. The van der Waals surface area contributed by atoms with Crippen molar-refractivity contribution in [1.82, 2.24) is 15.5 Å². The van der Waals surface area contributed by atoms with Crippen molar-refractivity contribution in [2.24, 2.45) is 5.92 Å². The Labute approximate surface area is 126 Å². The molecule has 1 saturated carbocycles. The first-order valence-electron chi connectivity index (χ1n) is 7.62. The SMILES string of the molecule is O=C(NCC1CCCCC1)c1n[nH]c2c(F)cccc2c1=O. The van der Waals surface area contributed by atoms with E-state index >= 15 is 0 Å². The van der Waals surface area contributed by atoms with Gasteiger partial charge in [0.15, 0.2) is 5.69 Å².